The minimum absolute atomic E-state index is 0.641. The standard InChI is InChI=1S/C27H33ClN6OS/c1-20-17-26(34-13-15-35-16-14-34)31-25-6-5-22(19-24(20)25)30-27(36)29-7-8-32-9-11-33(12-10-32)23-4-2-3-21(28)18-23/h2-6,17-19H,7-16H2,1H3,(H2,29,30,36). The van der Waals surface area contributed by atoms with E-state index in [0.717, 1.165) is 93.0 Å². The number of pyridine rings is 1. The lowest BCUT2D eigenvalue weighted by atomic mass is 10.1. The molecule has 0 atom stereocenters. The van der Waals surface area contributed by atoms with E-state index in [4.69, 9.17) is 33.5 Å². The van der Waals surface area contributed by atoms with E-state index >= 15 is 0 Å². The van der Waals surface area contributed by atoms with Crippen LogP contribution in [-0.4, -0.2) is 80.6 Å². The van der Waals surface area contributed by atoms with Crippen LogP contribution in [-0.2, 0) is 4.74 Å². The Kier molecular flexibility index (Phi) is 8.06. The van der Waals surface area contributed by atoms with Crippen LogP contribution in [0.5, 0.6) is 0 Å². The molecule has 2 aliphatic rings. The van der Waals surface area contributed by atoms with Gasteiger partial charge in [0.15, 0.2) is 5.11 Å². The molecule has 2 aromatic carbocycles. The van der Waals surface area contributed by atoms with E-state index in [1.807, 2.05) is 24.3 Å². The number of piperazine rings is 1. The maximum absolute atomic E-state index is 6.15. The van der Waals surface area contributed by atoms with Crippen LogP contribution in [0.25, 0.3) is 10.9 Å². The molecule has 0 bridgehead atoms. The Balaban J connectivity index is 1.09. The predicted octanol–water partition coefficient (Wildman–Crippen LogP) is 4.14. The highest BCUT2D eigenvalue weighted by Crippen LogP contribution is 2.26. The highest BCUT2D eigenvalue weighted by molar-refractivity contribution is 7.80. The Labute approximate surface area is 223 Å². The zero-order valence-corrected chi connectivity index (χ0v) is 22.2. The molecule has 0 aliphatic carbocycles. The number of fused-ring (bicyclic) bond motifs is 1. The van der Waals surface area contributed by atoms with Gasteiger partial charge in [0.1, 0.15) is 5.82 Å². The molecule has 7 nitrogen and oxygen atoms in total. The van der Waals surface area contributed by atoms with Gasteiger partial charge < -0.3 is 25.2 Å². The fraction of sp³-hybridized carbons (Fsp3) is 0.407. The van der Waals surface area contributed by atoms with Gasteiger partial charge >= 0.3 is 0 Å². The topological polar surface area (TPSA) is 55.9 Å². The van der Waals surface area contributed by atoms with Gasteiger partial charge in [-0.25, -0.2) is 4.98 Å². The monoisotopic (exact) mass is 524 g/mol. The summed E-state index contributed by atoms with van der Waals surface area (Å²) in [5.74, 6) is 1.02. The Morgan fingerprint density at radius 2 is 1.81 bits per heavy atom. The fourth-order valence-electron chi connectivity index (χ4n) is 4.81. The van der Waals surface area contributed by atoms with Crippen LogP contribution in [0.2, 0.25) is 5.02 Å². The van der Waals surface area contributed by atoms with Crippen molar-refractivity contribution in [1.82, 2.24) is 15.2 Å². The van der Waals surface area contributed by atoms with Gasteiger partial charge in [-0.15, -0.1) is 0 Å². The average Bonchev–Trinajstić information content (AvgIpc) is 2.90. The normalized spacial score (nSPS) is 16.8. The van der Waals surface area contributed by atoms with Crippen LogP contribution >= 0.6 is 23.8 Å². The van der Waals surface area contributed by atoms with Crippen LogP contribution in [0.15, 0.2) is 48.5 Å². The molecule has 3 heterocycles. The van der Waals surface area contributed by atoms with Crippen molar-refractivity contribution < 1.29 is 4.74 Å². The summed E-state index contributed by atoms with van der Waals surface area (Å²) in [7, 11) is 0. The quantitative estimate of drug-likeness (QED) is 0.467. The van der Waals surface area contributed by atoms with Crippen LogP contribution in [0.4, 0.5) is 17.2 Å². The molecule has 0 radical (unpaired) electrons. The zero-order valence-electron chi connectivity index (χ0n) is 20.7. The minimum atomic E-state index is 0.641. The van der Waals surface area contributed by atoms with E-state index in [9.17, 15) is 0 Å². The van der Waals surface area contributed by atoms with Crippen molar-refractivity contribution in [2.45, 2.75) is 6.92 Å². The molecule has 1 aromatic heterocycles. The molecule has 0 amide bonds. The Morgan fingerprint density at radius 3 is 2.58 bits per heavy atom. The van der Waals surface area contributed by atoms with Crippen molar-refractivity contribution in [2.24, 2.45) is 0 Å². The number of nitrogens with one attached hydrogen (secondary N) is 2. The first-order chi connectivity index (χ1) is 17.5. The largest absolute Gasteiger partial charge is 0.378 e. The lowest BCUT2D eigenvalue weighted by Crippen LogP contribution is -2.48. The van der Waals surface area contributed by atoms with Gasteiger partial charge in [-0.1, -0.05) is 17.7 Å². The smallest absolute Gasteiger partial charge is 0.170 e. The molecule has 5 rings (SSSR count). The van der Waals surface area contributed by atoms with Crippen molar-refractivity contribution in [1.29, 1.82) is 0 Å². The van der Waals surface area contributed by atoms with E-state index in [1.165, 1.54) is 11.3 Å². The molecule has 36 heavy (non-hydrogen) atoms. The summed E-state index contributed by atoms with van der Waals surface area (Å²) >= 11 is 11.7. The first kappa shape index (κ1) is 25.0. The molecular weight excluding hydrogens is 492 g/mol. The van der Waals surface area contributed by atoms with Crippen molar-refractivity contribution in [3.8, 4) is 0 Å². The van der Waals surface area contributed by atoms with Crippen LogP contribution < -0.4 is 20.4 Å². The zero-order chi connectivity index (χ0) is 24.9. The Morgan fingerprint density at radius 1 is 1.00 bits per heavy atom. The van der Waals surface area contributed by atoms with Gasteiger partial charge in [-0.2, -0.15) is 0 Å². The maximum atomic E-state index is 6.15. The van der Waals surface area contributed by atoms with E-state index in [1.54, 1.807) is 0 Å². The molecule has 9 heteroatoms. The van der Waals surface area contributed by atoms with E-state index in [-0.39, 0.29) is 0 Å². The van der Waals surface area contributed by atoms with Crippen molar-refractivity contribution in [3.05, 3.63) is 59.1 Å². The number of hydrogen-bond acceptors (Lipinski definition) is 6. The first-order valence-electron chi connectivity index (χ1n) is 12.6. The molecule has 2 fully saturated rings. The number of rotatable bonds is 6. The van der Waals surface area contributed by atoms with E-state index < -0.39 is 0 Å². The number of aryl methyl sites for hydroxylation is 1. The van der Waals surface area contributed by atoms with Gasteiger partial charge in [0.25, 0.3) is 0 Å². The molecule has 0 spiro atoms. The van der Waals surface area contributed by atoms with Crippen LogP contribution in [0, 0.1) is 6.92 Å². The number of ether oxygens (including phenoxy) is 1. The molecule has 0 saturated carbocycles. The summed E-state index contributed by atoms with van der Waals surface area (Å²) in [6, 6.07) is 16.5. The minimum Gasteiger partial charge on any atom is -0.378 e. The second kappa shape index (κ2) is 11.6. The van der Waals surface area contributed by atoms with Crippen molar-refractivity contribution in [2.75, 3.05) is 80.7 Å². The lowest BCUT2D eigenvalue weighted by Gasteiger charge is -2.36. The molecule has 2 saturated heterocycles. The second-order valence-electron chi connectivity index (χ2n) is 9.32. The maximum Gasteiger partial charge on any atom is 0.170 e. The SMILES string of the molecule is Cc1cc(N2CCOCC2)nc2ccc(NC(=S)NCCN3CCN(c4cccc(Cl)c4)CC3)cc12. The van der Waals surface area contributed by atoms with Gasteiger partial charge in [0.05, 0.1) is 18.7 Å². The van der Waals surface area contributed by atoms with Gasteiger partial charge in [-0.3, -0.25) is 4.90 Å². The fourth-order valence-corrected chi connectivity index (χ4v) is 5.22. The number of anilines is 3. The highest BCUT2D eigenvalue weighted by Gasteiger charge is 2.17. The number of thiocarbonyl (C=S) groups is 1. The molecule has 2 N–H and O–H groups in total. The molecule has 3 aromatic rings. The summed E-state index contributed by atoms with van der Waals surface area (Å²) in [5, 5.41) is 9.26. The number of halogens is 1. The van der Waals surface area contributed by atoms with Crippen molar-refractivity contribution in [3.63, 3.8) is 0 Å². The number of nitrogens with zero attached hydrogens (tertiary/aromatic N) is 4. The van der Waals surface area contributed by atoms with E-state index in [0.29, 0.717) is 5.11 Å². The molecule has 2 aliphatic heterocycles. The highest BCUT2D eigenvalue weighted by atomic mass is 35.5. The summed E-state index contributed by atoms with van der Waals surface area (Å²) in [4.78, 5) is 12.0. The summed E-state index contributed by atoms with van der Waals surface area (Å²) < 4.78 is 5.47. The Bertz CT molecular complexity index is 1210. The van der Waals surface area contributed by atoms with Gasteiger partial charge in [-0.05, 0) is 67.2 Å². The first-order valence-corrected chi connectivity index (χ1v) is 13.4. The third-order valence-corrected chi connectivity index (χ3v) is 7.34. The van der Waals surface area contributed by atoms with E-state index in [2.05, 4.69) is 56.5 Å². The third-order valence-electron chi connectivity index (χ3n) is 6.85. The number of aromatic nitrogens is 1. The summed E-state index contributed by atoms with van der Waals surface area (Å²) in [6.45, 7) is 11.2. The number of benzene rings is 2. The second-order valence-corrected chi connectivity index (χ2v) is 10.2. The van der Waals surface area contributed by atoms with Gasteiger partial charge in [0.2, 0.25) is 0 Å². The number of morpholine rings is 1. The van der Waals surface area contributed by atoms with Crippen LogP contribution in [0.3, 0.4) is 0 Å². The van der Waals surface area contributed by atoms with Crippen molar-refractivity contribution >= 4 is 57.0 Å². The third kappa shape index (κ3) is 6.18. The lowest BCUT2D eigenvalue weighted by molar-refractivity contribution is 0.122. The Hall–Kier alpha value is -2.65. The average molecular weight is 525 g/mol. The number of hydrogen-bond donors (Lipinski definition) is 2. The van der Waals surface area contributed by atoms with Crippen LogP contribution in [0.1, 0.15) is 5.56 Å². The van der Waals surface area contributed by atoms with Gasteiger partial charge in [0, 0.05) is 74.1 Å². The summed E-state index contributed by atoms with van der Waals surface area (Å²) in [5.41, 5.74) is 4.38. The predicted molar refractivity (Wildman–Crippen MR) is 154 cm³/mol. The molecule has 0 unspecified atom stereocenters. The molecule has 190 valence electrons. The summed E-state index contributed by atoms with van der Waals surface area (Å²) in [6.07, 6.45) is 0. The molecular formula is C27H33ClN6OS.